The van der Waals surface area contributed by atoms with Crippen molar-refractivity contribution in [2.24, 2.45) is 5.10 Å². The second-order valence-electron chi connectivity index (χ2n) is 8.01. The van der Waals surface area contributed by atoms with Crippen LogP contribution in [0.4, 0.5) is 0 Å². The van der Waals surface area contributed by atoms with Crippen LogP contribution in [0.15, 0.2) is 52.5 Å². The summed E-state index contributed by atoms with van der Waals surface area (Å²) in [6.45, 7) is 4.70. The van der Waals surface area contributed by atoms with Crippen molar-refractivity contribution in [3.05, 3.63) is 74.2 Å². The van der Waals surface area contributed by atoms with E-state index in [0.717, 1.165) is 43.1 Å². The minimum absolute atomic E-state index is 0.539. The first-order valence-corrected chi connectivity index (χ1v) is 13.0. The Balaban J connectivity index is 1.64. The Bertz CT molecular complexity index is 1180. The number of rotatable bonds is 7. The molecule has 0 radical (unpaired) electrons. The van der Waals surface area contributed by atoms with Crippen LogP contribution in [0.25, 0.3) is 0 Å². The molecular formula is C23H26Cl2N6S2. The van der Waals surface area contributed by atoms with Gasteiger partial charge >= 0.3 is 0 Å². The fraction of sp³-hybridized carbons (Fsp3) is 0.348. The molecule has 10 heteroatoms. The van der Waals surface area contributed by atoms with Crippen LogP contribution in [0, 0.1) is 4.77 Å². The summed E-state index contributed by atoms with van der Waals surface area (Å²) in [5.41, 5.74) is 1.92. The minimum Gasteiger partial charge on any atom is -0.304 e. The molecule has 0 amide bonds. The third-order valence-electron chi connectivity index (χ3n) is 5.61. The summed E-state index contributed by atoms with van der Waals surface area (Å²) >= 11 is 19.9. The van der Waals surface area contributed by atoms with E-state index in [9.17, 15) is 0 Å². The molecule has 1 fully saturated rings. The van der Waals surface area contributed by atoms with Crippen LogP contribution in [0.3, 0.4) is 0 Å². The van der Waals surface area contributed by atoms with Crippen LogP contribution in [-0.2, 0) is 13.1 Å². The van der Waals surface area contributed by atoms with Gasteiger partial charge in [0.1, 0.15) is 0 Å². The highest BCUT2D eigenvalue weighted by atomic mass is 35.5. The molecule has 0 spiro atoms. The summed E-state index contributed by atoms with van der Waals surface area (Å²) < 4.78 is 4.16. The molecule has 1 aromatic heterocycles. The fourth-order valence-electron chi connectivity index (χ4n) is 3.59. The van der Waals surface area contributed by atoms with Gasteiger partial charge in [0.2, 0.25) is 4.77 Å². The van der Waals surface area contributed by atoms with Gasteiger partial charge in [0.25, 0.3) is 0 Å². The molecule has 0 bridgehead atoms. The molecule has 0 atom stereocenters. The average Bonchev–Trinajstić information content (AvgIpc) is 3.09. The number of benzene rings is 2. The van der Waals surface area contributed by atoms with Crippen molar-refractivity contribution in [1.82, 2.24) is 24.3 Å². The fourth-order valence-corrected chi connectivity index (χ4v) is 4.71. The van der Waals surface area contributed by atoms with Crippen molar-refractivity contribution < 1.29 is 0 Å². The molecule has 1 aliphatic rings. The molecule has 0 N–H and O–H groups in total. The van der Waals surface area contributed by atoms with E-state index in [0.29, 0.717) is 27.9 Å². The summed E-state index contributed by atoms with van der Waals surface area (Å²) in [4.78, 5) is 5.92. The van der Waals surface area contributed by atoms with Gasteiger partial charge in [0, 0.05) is 48.1 Å². The number of aromatic nitrogens is 3. The maximum Gasteiger partial charge on any atom is 0.220 e. The summed E-state index contributed by atoms with van der Waals surface area (Å²) in [7, 11) is 2.15. The first-order chi connectivity index (χ1) is 15.9. The largest absolute Gasteiger partial charge is 0.304 e. The molecule has 0 unspecified atom stereocenters. The Morgan fingerprint density at radius 2 is 1.82 bits per heavy atom. The molecule has 4 rings (SSSR count). The standard InChI is InChI=1S/C23H26Cl2N6S2/c1-28-9-11-29(12-10-28)16-30-23(32)31(26-15-18-5-6-19(24)14-21(18)25)22(27-30)13-17-3-7-20(33-2)8-4-17/h3-8,14-15H,9-13,16H2,1-2H3/b26-15+. The second kappa shape index (κ2) is 11.2. The zero-order chi connectivity index (χ0) is 23.4. The van der Waals surface area contributed by atoms with Gasteiger partial charge in [-0.1, -0.05) is 41.4 Å². The van der Waals surface area contributed by atoms with Gasteiger partial charge in [-0.2, -0.15) is 14.9 Å². The molecule has 1 aliphatic heterocycles. The normalized spacial score (nSPS) is 15.5. The highest BCUT2D eigenvalue weighted by Gasteiger charge is 2.17. The van der Waals surface area contributed by atoms with Crippen molar-refractivity contribution in [2.75, 3.05) is 39.5 Å². The highest BCUT2D eigenvalue weighted by Crippen LogP contribution is 2.20. The van der Waals surface area contributed by atoms with Crippen LogP contribution in [-0.4, -0.2) is 70.0 Å². The molecule has 2 heterocycles. The van der Waals surface area contributed by atoms with E-state index < -0.39 is 0 Å². The Kier molecular flexibility index (Phi) is 8.27. The van der Waals surface area contributed by atoms with Gasteiger partial charge in [0.15, 0.2) is 5.82 Å². The van der Waals surface area contributed by atoms with E-state index in [1.807, 2.05) is 10.7 Å². The Morgan fingerprint density at radius 3 is 2.48 bits per heavy atom. The number of likely N-dealkylation sites (N-methyl/N-ethyl adjacent to an activating group) is 1. The lowest BCUT2D eigenvalue weighted by molar-refractivity contribution is 0.118. The summed E-state index contributed by atoms with van der Waals surface area (Å²) in [5, 5.41) is 10.6. The van der Waals surface area contributed by atoms with Crippen LogP contribution in [0.5, 0.6) is 0 Å². The van der Waals surface area contributed by atoms with Gasteiger partial charge in [-0.3, -0.25) is 4.90 Å². The van der Waals surface area contributed by atoms with Crippen LogP contribution >= 0.6 is 47.2 Å². The monoisotopic (exact) mass is 520 g/mol. The van der Waals surface area contributed by atoms with Crippen LogP contribution in [0.2, 0.25) is 10.0 Å². The smallest absolute Gasteiger partial charge is 0.220 e. The Labute approximate surface area is 213 Å². The zero-order valence-corrected chi connectivity index (χ0v) is 21.8. The van der Waals surface area contributed by atoms with Crippen molar-refractivity contribution >= 4 is 53.4 Å². The quantitative estimate of drug-likeness (QED) is 0.245. The lowest BCUT2D eigenvalue weighted by Gasteiger charge is -2.31. The number of hydrogen-bond acceptors (Lipinski definition) is 6. The molecule has 0 saturated carbocycles. The summed E-state index contributed by atoms with van der Waals surface area (Å²) in [6, 6.07) is 13.8. The van der Waals surface area contributed by atoms with Crippen LogP contribution < -0.4 is 0 Å². The van der Waals surface area contributed by atoms with E-state index in [1.54, 1.807) is 34.8 Å². The van der Waals surface area contributed by atoms with E-state index in [1.165, 1.54) is 4.90 Å². The number of hydrogen-bond donors (Lipinski definition) is 0. The molecule has 2 aromatic carbocycles. The van der Waals surface area contributed by atoms with Gasteiger partial charge in [-0.15, -0.1) is 11.8 Å². The Hall–Kier alpha value is -1.68. The van der Waals surface area contributed by atoms with Crippen molar-refractivity contribution in [2.45, 2.75) is 18.0 Å². The van der Waals surface area contributed by atoms with E-state index in [2.05, 4.69) is 52.5 Å². The topological polar surface area (TPSA) is 41.6 Å². The lowest BCUT2D eigenvalue weighted by atomic mass is 10.1. The molecule has 1 saturated heterocycles. The van der Waals surface area contributed by atoms with Gasteiger partial charge in [0.05, 0.1) is 17.9 Å². The third kappa shape index (κ3) is 6.26. The highest BCUT2D eigenvalue weighted by molar-refractivity contribution is 7.98. The van der Waals surface area contributed by atoms with Crippen LogP contribution in [0.1, 0.15) is 17.0 Å². The predicted molar refractivity (Wildman–Crippen MR) is 141 cm³/mol. The maximum atomic E-state index is 6.34. The van der Waals surface area contributed by atoms with E-state index >= 15 is 0 Å². The third-order valence-corrected chi connectivity index (χ3v) is 7.30. The zero-order valence-electron chi connectivity index (χ0n) is 18.6. The lowest BCUT2D eigenvalue weighted by Crippen LogP contribution is -2.45. The summed E-state index contributed by atoms with van der Waals surface area (Å²) in [5.74, 6) is 0.785. The first kappa shape index (κ1) is 24.4. The predicted octanol–water partition coefficient (Wildman–Crippen LogP) is 5.12. The molecule has 6 nitrogen and oxygen atoms in total. The minimum atomic E-state index is 0.539. The summed E-state index contributed by atoms with van der Waals surface area (Å²) in [6.07, 6.45) is 4.40. The maximum absolute atomic E-state index is 6.34. The van der Waals surface area contributed by atoms with Crippen molar-refractivity contribution in [1.29, 1.82) is 0 Å². The molecule has 0 aliphatic carbocycles. The van der Waals surface area contributed by atoms with E-state index in [-0.39, 0.29) is 0 Å². The average molecular weight is 522 g/mol. The molecule has 174 valence electrons. The molecule has 3 aromatic rings. The number of nitrogens with zero attached hydrogens (tertiary/aromatic N) is 6. The number of halogens is 2. The van der Waals surface area contributed by atoms with Gasteiger partial charge in [-0.25, -0.2) is 4.68 Å². The second-order valence-corrected chi connectivity index (χ2v) is 10.1. The Morgan fingerprint density at radius 1 is 1.09 bits per heavy atom. The number of piperazine rings is 1. The SMILES string of the molecule is CSc1ccc(Cc2nn(CN3CCN(C)CC3)c(=S)n2/N=C/c2ccc(Cl)cc2Cl)cc1. The van der Waals surface area contributed by atoms with Gasteiger partial charge < -0.3 is 4.90 Å². The first-order valence-electron chi connectivity index (χ1n) is 10.6. The van der Waals surface area contributed by atoms with Crippen molar-refractivity contribution in [3.63, 3.8) is 0 Å². The van der Waals surface area contributed by atoms with E-state index in [4.69, 9.17) is 40.5 Å². The molecular weight excluding hydrogens is 495 g/mol. The van der Waals surface area contributed by atoms with Crippen molar-refractivity contribution in [3.8, 4) is 0 Å². The molecule has 33 heavy (non-hydrogen) atoms. The number of thioether (sulfide) groups is 1. The van der Waals surface area contributed by atoms with Gasteiger partial charge in [-0.05, 0) is 55.4 Å².